The van der Waals surface area contributed by atoms with E-state index in [1.54, 1.807) is 0 Å². The molecule has 64 valence electrons. The van der Waals surface area contributed by atoms with Crippen molar-refractivity contribution in [3.63, 3.8) is 0 Å². The number of hydrogen-bond donors (Lipinski definition) is 2. The monoisotopic (exact) mass is 200 g/mol. The van der Waals surface area contributed by atoms with E-state index >= 15 is 0 Å². The predicted octanol–water partition coefficient (Wildman–Crippen LogP) is -1.28. The predicted molar refractivity (Wildman–Crippen MR) is 35.7 cm³/mol. The molecular formula is C3H4O6S2. The van der Waals surface area contributed by atoms with E-state index < -0.39 is 24.8 Å². The lowest BCUT2D eigenvalue weighted by molar-refractivity contribution is 0.464. The second-order valence-electron chi connectivity index (χ2n) is 1.53. The molecule has 0 radical (unpaired) electrons. The van der Waals surface area contributed by atoms with Gasteiger partial charge in [-0.3, -0.25) is 9.11 Å². The zero-order valence-electron chi connectivity index (χ0n) is 5.00. The second-order valence-corrected chi connectivity index (χ2v) is 4.83. The Morgan fingerprint density at radius 3 is 1.36 bits per heavy atom. The normalized spacial score (nSPS) is 12.9. The van der Waals surface area contributed by atoms with Gasteiger partial charge >= 0.3 is 0 Å². The van der Waals surface area contributed by atoms with Gasteiger partial charge in [-0.15, -0.1) is 6.42 Å². The maximum absolute atomic E-state index is 10.1. The molecule has 0 saturated carbocycles. The molecule has 0 unspecified atom stereocenters. The number of terminal acetylenes is 1. The van der Waals surface area contributed by atoms with E-state index in [-0.39, 0.29) is 0 Å². The van der Waals surface area contributed by atoms with Crippen LogP contribution in [-0.2, 0) is 20.2 Å². The summed E-state index contributed by atoms with van der Waals surface area (Å²) >= 11 is 0. The van der Waals surface area contributed by atoms with Crippen molar-refractivity contribution in [2.45, 2.75) is 4.58 Å². The Hall–Kier alpha value is -0.620. The molecule has 2 N–H and O–H groups in total. The third-order valence-electron chi connectivity index (χ3n) is 0.677. The van der Waals surface area contributed by atoms with E-state index in [1.807, 2.05) is 0 Å². The summed E-state index contributed by atoms with van der Waals surface area (Å²) in [6.07, 6.45) is 4.42. The fourth-order valence-corrected chi connectivity index (χ4v) is 1.90. The highest BCUT2D eigenvalue weighted by molar-refractivity contribution is 8.04. The van der Waals surface area contributed by atoms with Gasteiger partial charge in [0.15, 0.2) is 0 Å². The molecule has 0 aromatic heterocycles. The van der Waals surface area contributed by atoms with Crippen LogP contribution in [0.5, 0.6) is 0 Å². The molecule has 0 rings (SSSR count). The molecular weight excluding hydrogens is 196 g/mol. The van der Waals surface area contributed by atoms with Crippen LogP contribution in [0.15, 0.2) is 0 Å². The van der Waals surface area contributed by atoms with Crippen molar-refractivity contribution in [2.24, 2.45) is 0 Å². The van der Waals surface area contributed by atoms with Gasteiger partial charge in [-0.2, -0.15) is 16.8 Å². The van der Waals surface area contributed by atoms with Crippen LogP contribution in [0.2, 0.25) is 0 Å². The molecule has 0 heterocycles. The molecule has 0 fully saturated rings. The summed E-state index contributed by atoms with van der Waals surface area (Å²) in [5, 5.41) is 0. The summed E-state index contributed by atoms with van der Waals surface area (Å²) < 4.78 is 53.9. The quantitative estimate of drug-likeness (QED) is 0.424. The third-order valence-corrected chi connectivity index (χ3v) is 3.49. The zero-order chi connectivity index (χ0) is 9.28. The van der Waals surface area contributed by atoms with Crippen molar-refractivity contribution in [3.8, 4) is 12.3 Å². The SMILES string of the molecule is C#CC(S(=O)(=O)O)S(=O)(=O)O. The van der Waals surface area contributed by atoms with E-state index in [2.05, 4.69) is 6.42 Å². The fraction of sp³-hybridized carbons (Fsp3) is 0.333. The van der Waals surface area contributed by atoms with E-state index in [9.17, 15) is 16.8 Å². The van der Waals surface area contributed by atoms with Gasteiger partial charge in [0.25, 0.3) is 24.8 Å². The molecule has 8 heteroatoms. The molecule has 0 amide bonds. The lowest BCUT2D eigenvalue weighted by Gasteiger charge is -2.00. The van der Waals surface area contributed by atoms with Crippen LogP contribution in [0.1, 0.15) is 0 Å². The molecule has 11 heavy (non-hydrogen) atoms. The minimum atomic E-state index is -4.95. The standard InChI is InChI=1S/C3H4O6S2/c1-2-3(10(4,5)6)11(7,8)9/h1,3H,(H,4,5,6)(H,7,8,9). The Bertz CT molecular complexity index is 335. The Kier molecular flexibility index (Phi) is 2.63. The average molecular weight is 200 g/mol. The summed E-state index contributed by atoms with van der Waals surface area (Å²) in [4.78, 5) is 0. The molecule has 0 aromatic rings. The highest BCUT2D eigenvalue weighted by Gasteiger charge is 2.33. The molecule has 0 aliphatic rings. The van der Waals surface area contributed by atoms with Gasteiger partial charge in [0, 0.05) is 0 Å². The Balaban J connectivity index is 5.27. The summed E-state index contributed by atoms with van der Waals surface area (Å²) in [5.74, 6) is 1.21. The van der Waals surface area contributed by atoms with E-state index in [4.69, 9.17) is 9.11 Å². The Labute approximate surface area is 63.7 Å². The van der Waals surface area contributed by atoms with Crippen molar-refractivity contribution in [3.05, 3.63) is 0 Å². The van der Waals surface area contributed by atoms with Crippen LogP contribution in [0.4, 0.5) is 0 Å². The summed E-state index contributed by atoms with van der Waals surface area (Å²) in [6.45, 7) is 0. The van der Waals surface area contributed by atoms with Gasteiger partial charge in [-0.1, -0.05) is 5.92 Å². The van der Waals surface area contributed by atoms with E-state index in [0.717, 1.165) is 0 Å². The van der Waals surface area contributed by atoms with Crippen LogP contribution in [0.25, 0.3) is 0 Å². The first-order valence-corrected chi connectivity index (χ1v) is 5.09. The second kappa shape index (κ2) is 2.78. The van der Waals surface area contributed by atoms with Gasteiger partial charge in [-0.25, -0.2) is 0 Å². The molecule has 0 saturated heterocycles. The van der Waals surface area contributed by atoms with Crippen molar-refractivity contribution in [1.29, 1.82) is 0 Å². The number of hydrogen-bond acceptors (Lipinski definition) is 4. The molecule has 0 aromatic carbocycles. The zero-order valence-corrected chi connectivity index (χ0v) is 6.63. The maximum atomic E-state index is 10.1. The van der Waals surface area contributed by atoms with Gasteiger partial charge in [-0.05, 0) is 0 Å². The first kappa shape index (κ1) is 10.4. The smallest absolute Gasteiger partial charge is 0.284 e. The lowest BCUT2D eigenvalue weighted by Crippen LogP contribution is -2.27. The molecule has 0 spiro atoms. The molecule has 0 aliphatic heterocycles. The van der Waals surface area contributed by atoms with Crippen LogP contribution in [0.3, 0.4) is 0 Å². The lowest BCUT2D eigenvalue weighted by atomic mass is 10.8. The van der Waals surface area contributed by atoms with Crippen molar-refractivity contribution in [2.75, 3.05) is 0 Å². The van der Waals surface area contributed by atoms with Gasteiger partial charge in [0.05, 0.1) is 0 Å². The Morgan fingerprint density at radius 1 is 1.09 bits per heavy atom. The third kappa shape index (κ3) is 2.85. The molecule has 0 bridgehead atoms. The van der Waals surface area contributed by atoms with Crippen molar-refractivity contribution < 1.29 is 25.9 Å². The average Bonchev–Trinajstić information content (AvgIpc) is 1.56. The fourth-order valence-electron chi connectivity index (χ4n) is 0.326. The highest BCUT2D eigenvalue weighted by Crippen LogP contribution is 2.03. The summed E-state index contributed by atoms with van der Waals surface area (Å²) in [6, 6.07) is 0. The van der Waals surface area contributed by atoms with Crippen LogP contribution in [-0.4, -0.2) is 30.5 Å². The first-order chi connectivity index (χ1) is 4.69. The van der Waals surface area contributed by atoms with Crippen LogP contribution < -0.4 is 0 Å². The van der Waals surface area contributed by atoms with Crippen LogP contribution in [0, 0.1) is 12.3 Å². The minimum absolute atomic E-state index is 1.21. The highest BCUT2D eigenvalue weighted by atomic mass is 32.3. The minimum Gasteiger partial charge on any atom is -0.284 e. The van der Waals surface area contributed by atoms with Gasteiger partial charge in [0.2, 0.25) is 0 Å². The summed E-state index contributed by atoms with van der Waals surface area (Å²) in [5.41, 5.74) is 0. The first-order valence-electron chi connectivity index (χ1n) is 2.08. The summed E-state index contributed by atoms with van der Waals surface area (Å²) in [7, 11) is -9.89. The molecule has 0 aliphatic carbocycles. The van der Waals surface area contributed by atoms with Crippen molar-refractivity contribution >= 4 is 20.2 Å². The largest absolute Gasteiger partial charge is 0.296 e. The molecule has 0 atom stereocenters. The van der Waals surface area contributed by atoms with Gasteiger partial charge in [0.1, 0.15) is 0 Å². The van der Waals surface area contributed by atoms with Crippen LogP contribution >= 0.6 is 0 Å². The van der Waals surface area contributed by atoms with Crippen molar-refractivity contribution in [1.82, 2.24) is 0 Å². The van der Waals surface area contributed by atoms with E-state index in [1.165, 1.54) is 5.92 Å². The topological polar surface area (TPSA) is 109 Å². The number of rotatable bonds is 2. The van der Waals surface area contributed by atoms with E-state index in [0.29, 0.717) is 0 Å². The molecule has 6 nitrogen and oxygen atoms in total. The Morgan fingerprint density at radius 2 is 1.36 bits per heavy atom. The van der Waals surface area contributed by atoms with Gasteiger partial charge < -0.3 is 0 Å². The maximum Gasteiger partial charge on any atom is 0.296 e.